The van der Waals surface area contributed by atoms with Gasteiger partial charge in [-0.3, -0.25) is 4.79 Å². The molecule has 268 valence electrons. The van der Waals surface area contributed by atoms with E-state index in [0.29, 0.717) is 25.0 Å². The summed E-state index contributed by atoms with van der Waals surface area (Å²) >= 11 is 0. The van der Waals surface area contributed by atoms with Crippen LogP contribution in [0.4, 0.5) is 4.79 Å². The third-order valence-corrected chi connectivity index (χ3v) is 11.0. The standard InChI is InChI=1S/C40H62N2O6/c1-4-32-26-36-28-35-14-12-13-34(46-35)25-30(2)16-17-31(3)38(48-39(43)29-37(27-32)47-36)15-8-5-6-11-24-45-40(44)42-22-18-33(19-23-42)41-20-9-7-10-21-41/h4-6,8,15-17,30-31,33-38H,7,9-14,18-29H2,1-3H3. The summed E-state index contributed by atoms with van der Waals surface area (Å²) in [5, 5.41) is 0. The zero-order valence-electron chi connectivity index (χ0n) is 29.9. The topological polar surface area (TPSA) is 77.5 Å². The minimum atomic E-state index is -0.389. The quantitative estimate of drug-likeness (QED) is 0.123. The molecule has 4 saturated heterocycles. The maximum absolute atomic E-state index is 13.3. The van der Waals surface area contributed by atoms with E-state index in [2.05, 4.69) is 43.9 Å². The van der Waals surface area contributed by atoms with Crippen molar-refractivity contribution in [1.82, 2.24) is 9.80 Å². The zero-order chi connectivity index (χ0) is 33.7. The molecule has 8 heteroatoms. The molecule has 0 aromatic carbocycles. The number of hydrogen-bond donors (Lipinski definition) is 0. The summed E-state index contributed by atoms with van der Waals surface area (Å²) in [5.74, 6) is 0.161. The van der Waals surface area contributed by atoms with Gasteiger partial charge in [-0.2, -0.15) is 0 Å². The molecule has 0 saturated carbocycles. The molecule has 5 rings (SSSR count). The van der Waals surface area contributed by atoms with Crippen molar-refractivity contribution in [3.63, 3.8) is 0 Å². The highest BCUT2D eigenvalue weighted by molar-refractivity contribution is 5.70. The molecule has 8 nitrogen and oxygen atoms in total. The highest BCUT2D eigenvalue weighted by atomic mass is 16.6. The van der Waals surface area contributed by atoms with Crippen LogP contribution >= 0.6 is 0 Å². The van der Waals surface area contributed by atoms with Gasteiger partial charge >= 0.3 is 12.1 Å². The van der Waals surface area contributed by atoms with Gasteiger partial charge in [0, 0.05) is 31.5 Å². The Hall–Kier alpha value is -2.42. The second-order valence-electron chi connectivity index (χ2n) is 14.9. The normalized spacial score (nSPS) is 34.5. The monoisotopic (exact) mass is 666 g/mol. The van der Waals surface area contributed by atoms with Gasteiger partial charge in [-0.15, -0.1) is 0 Å². The predicted molar refractivity (Wildman–Crippen MR) is 190 cm³/mol. The first-order valence-electron chi connectivity index (χ1n) is 19.2. The Kier molecular flexibility index (Phi) is 14.7. The third kappa shape index (κ3) is 11.6. The Morgan fingerprint density at radius 2 is 1.58 bits per heavy atom. The second-order valence-corrected chi connectivity index (χ2v) is 14.9. The molecule has 7 unspecified atom stereocenters. The lowest BCUT2D eigenvalue weighted by molar-refractivity contribution is -0.154. The van der Waals surface area contributed by atoms with Crippen molar-refractivity contribution in [2.45, 2.75) is 147 Å². The summed E-state index contributed by atoms with van der Waals surface area (Å²) in [4.78, 5) is 30.4. The van der Waals surface area contributed by atoms with Crippen molar-refractivity contribution in [1.29, 1.82) is 0 Å². The first-order chi connectivity index (χ1) is 23.4. The smallest absolute Gasteiger partial charge is 0.409 e. The molecule has 4 fully saturated rings. The molecule has 0 aliphatic carbocycles. The summed E-state index contributed by atoms with van der Waals surface area (Å²) in [5.41, 5.74) is 1.35. The summed E-state index contributed by atoms with van der Waals surface area (Å²) in [6.07, 6.45) is 28.2. The fraction of sp³-hybridized carbons (Fsp3) is 0.750. The fourth-order valence-electron chi connectivity index (χ4n) is 8.18. The van der Waals surface area contributed by atoms with E-state index in [1.165, 1.54) is 44.3 Å². The van der Waals surface area contributed by atoms with E-state index in [0.717, 1.165) is 64.5 Å². The van der Waals surface area contributed by atoms with Gasteiger partial charge in [-0.05, 0) is 103 Å². The van der Waals surface area contributed by atoms with Crippen LogP contribution in [0.2, 0.25) is 0 Å². The molecule has 1 amide bonds. The fourth-order valence-corrected chi connectivity index (χ4v) is 8.18. The van der Waals surface area contributed by atoms with E-state index in [-0.39, 0.29) is 54.9 Å². The predicted octanol–water partition coefficient (Wildman–Crippen LogP) is 7.93. The minimum Gasteiger partial charge on any atom is -0.457 e. The van der Waals surface area contributed by atoms with E-state index >= 15 is 0 Å². The number of amides is 1. The molecule has 7 atom stereocenters. The Bertz CT molecular complexity index is 1130. The highest BCUT2D eigenvalue weighted by Crippen LogP contribution is 2.33. The number of carbonyl (C=O) groups is 2. The molecule has 0 radical (unpaired) electrons. The molecule has 5 heterocycles. The van der Waals surface area contributed by atoms with E-state index in [1.54, 1.807) is 0 Å². The summed E-state index contributed by atoms with van der Waals surface area (Å²) in [6.45, 7) is 10.8. The van der Waals surface area contributed by atoms with E-state index < -0.39 is 0 Å². The third-order valence-electron chi connectivity index (χ3n) is 11.0. The molecule has 4 bridgehead atoms. The molecule has 5 aliphatic heterocycles. The SMILES string of the molecule is CC=C1CC2CC(=O)OC(C=CC=CCCOC(=O)N3CCC(N4CCCCC4)CC3)C(C)C=CC(C)CC3CCCC(CC(C1)O2)O3. The highest BCUT2D eigenvalue weighted by Gasteiger charge is 2.33. The molecule has 0 aromatic heterocycles. The summed E-state index contributed by atoms with van der Waals surface area (Å²) in [7, 11) is 0. The van der Waals surface area contributed by atoms with Crippen molar-refractivity contribution in [3.05, 3.63) is 48.1 Å². The maximum atomic E-state index is 13.3. The Morgan fingerprint density at radius 1 is 0.854 bits per heavy atom. The average molecular weight is 667 g/mol. The lowest BCUT2D eigenvalue weighted by Crippen LogP contribution is -2.48. The van der Waals surface area contributed by atoms with Gasteiger partial charge in [0.15, 0.2) is 0 Å². The molecule has 48 heavy (non-hydrogen) atoms. The van der Waals surface area contributed by atoms with Gasteiger partial charge < -0.3 is 28.7 Å². The maximum Gasteiger partial charge on any atom is 0.409 e. The Labute approximate surface area is 289 Å². The van der Waals surface area contributed by atoms with E-state index in [4.69, 9.17) is 18.9 Å². The largest absolute Gasteiger partial charge is 0.457 e. The van der Waals surface area contributed by atoms with Crippen LogP contribution in [0.3, 0.4) is 0 Å². The number of piperidine rings is 2. The molecule has 0 aromatic rings. The number of likely N-dealkylation sites (tertiary alicyclic amines) is 2. The number of fused-ring (bicyclic) bond motifs is 4. The van der Waals surface area contributed by atoms with Crippen molar-refractivity contribution in [2.24, 2.45) is 11.8 Å². The van der Waals surface area contributed by atoms with Crippen molar-refractivity contribution in [2.75, 3.05) is 32.8 Å². The van der Waals surface area contributed by atoms with Crippen LogP contribution < -0.4 is 0 Å². The molecule has 0 spiro atoms. The first-order valence-corrected chi connectivity index (χ1v) is 19.2. The van der Waals surface area contributed by atoms with E-state index in [1.807, 2.05) is 29.2 Å². The van der Waals surface area contributed by atoms with Gasteiger partial charge in [-0.1, -0.05) is 62.3 Å². The molecular weight excluding hydrogens is 604 g/mol. The van der Waals surface area contributed by atoms with Gasteiger partial charge in [-0.25, -0.2) is 4.79 Å². The number of hydrogen-bond acceptors (Lipinski definition) is 7. The average Bonchev–Trinajstić information content (AvgIpc) is 3.09. The van der Waals surface area contributed by atoms with Gasteiger partial charge in [0.2, 0.25) is 0 Å². The minimum absolute atomic E-state index is 0.0140. The zero-order valence-corrected chi connectivity index (χ0v) is 29.9. The number of rotatable bonds is 6. The van der Waals surface area contributed by atoms with Crippen molar-refractivity contribution < 1.29 is 28.5 Å². The number of cyclic esters (lactones) is 1. The van der Waals surface area contributed by atoms with Crippen LogP contribution in [0.25, 0.3) is 0 Å². The molecule has 0 N–H and O–H groups in total. The Morgan fingerprint density at radius 3 is 2.35 bits per heavy atom. The van der Waals surface area contributed by atoms with Crippen LogP contribution in [-0.4, -0.2) is 91.2 Å². The summed E-state index contributed by atoms with van der Waals surface area (Å²) < 4.78 is 24.7. The van der Waals surface area contributed by atoms with Crippen LogP contribution in [0.15, 0.2) is 48.1 Å². The lowest BCUT2D eigenvalue weighted by Gasteiger charge is -2.39. The number of esters is 1. The van der Waals surface area contributed by atoms with Crippen LogP contribution in [-0.2, 0) is 23.7 Å². The second kappa shape index (κ2) is 19.1. The van der Waals surface area contributed by atoms with Crippen LogP contribution in [0.5, 0.6) is 0 Å². The number of carbonyl (C=O) groups excluding carboxylic acids is 2. The van der Waals surface area contributed by atoms with Crippen molar-refractivity contribution >= 4 is 12.1 Å². The van der Waals surface area contributed by atoms with Gasteiger partial charge in [0.05, 0.1) is 37.4 Å². The number of allylic oxidation sites excluding steroid dienone is 4. The van der Waals surface area contributed by atoms with Gasteiger partial charge in [0.25, 0.3) is 0 Å². The van der Waals surface area contributed by atoms with Crippen LogP contribution in [0, 0.1) is 11.8 Å². The van der Waals surface area contributed by atoms with Crippen molar-refractivity contribution in [3.8, 4) is 0 Å². The Balaban J connectivity index is 1.11. The van der Waals surface area contributed by atoms with Crippen LogP contribution in [0.1, 0.15) is 111 Å². The molecular formula is C40H62N2O6. The first kappa shape index (κ1) is 36.9. The number of nitrogens with zero attached hydrogens (tertiary/aromatic N) is 2. The molecule has 5 aliphatic rings. The van der Waals surface area contributed by atoms with E-state index in [9.17, 15) is 9.59 Å². The number of ether oxygens (including phenoxy) is 4. The van der Waals surface area contributed by atoms with Gasteiger partial charge in [0.1, 0.15) is 6.10 Å². The summed E-state index contributed by atoms with van der Waals surface area (Å²) in [6, 6.07) is 0.613. The lowest BCUT2D eigenvalue weighted by atomic mass is 9.90.